The smallest absolute Gasteiger partial charge is 0.146 e. The van der Waals surface area contributed by atoms with Gasteiger partial charge < -0.3 is 16.4 Å². The van der Waals surface area contributed by atoms with E-state index in [0.717, 1.165) is 0 Å². The zero-order chi connectivity index (χ0) is 20.0. The van der Waals surface area contributed by atoms with Crippen LogP contribution in [-0.2, 0) is 6.54 Å². The Balaban J connectivity index is 2.30. The van der Waals surface area contributed by atoms with E-state index in [4.69, 9.17) is 11.1 Å². The molecule has 2 aromatic rings. The van der Waals surface area contributed by atoms with Gasteiger partial charge in [0.15, 0.2) is 0 Å². The van der Waals surface area contributed by atoms with Crippen molar-refractivity contribution in [2.45, 2.75) is 26.1 Å². The number of amidine groups is 1. The largest absolute Gasteiger partial charge is 0.384 e. The second-order valence-electron chi connectivity index (χ2n) is 6.79. The Morgan fingerprint density at radius 1 is 1.19 bits per heavy atom. The highest BCUT2D eigenvalue weighted by Crippen LogP contribution is 2.23. The van der Waals surface area contributed by atoms with Gasteiger partial charge in [-0.15, -0.1) is 0 Å². The van der Waals surface area contributed by atoms with E-state index in [9.17, 15) is 13.2 Å². The average Bonchev–Trinajstić information content (AvgIpc) is 2.54. The summed E-state index contributed by atoms with van der Waals surface area (Å²) in [5.41, 5.74) is 5.49. The minimum absolute atomic E-state index is 0.114. The van der Waals surface area contributed by atoms with Crippen LogP contribution in [0, 0.1) is 17.0 Å². The van der Waals surface area contributed by atoms with Gasteiger partial charge in [0.2, 0.25) is 0 Å². The lowest BCUT2D eigenvalue weighted by atomic mass is 10.1. The molecule has 27 heavy (non-hydrogen) atoms. The number of para-hydroxylation sites is 1. The summed E-state index contributed by atoms with van der Waals surface area (Å²) in [6.07, 6.45) is 1.28. The highest BCUT2D eigenvalue weighted by atomic mass is 19.1. The highest BCUT2D eigenvalue weighted by Gasteiger charge is 2.15. The first-order valence-electron chi connectivity index (χ1n) is 8.41. The van der Waals surface area contributed by atoms with E-state index >= 15 is 0 Å². The van der Waals surface area contributed by atoms with E-state index in [2.05, 4.69) is 10.6 Å². The predicted octanol–water partition coefficient (Wildman–Crippen LogP) is 4.19. The van der Waals surface area contributed by atoms with Gasteiger partial charge in [-0.1, -0.05) is 12.1 Å². The molecular weight excluding hydrogens is 353 g/mol. The molecule has 0 unspecified atom stereocenters. The molecule has 0 heterocycles. The molecule has 2 rings (SSSR count). The van der Waals surface area contributed by atoms with Crippen LogP contribution in [-0.4, -0.2) is 18.0 Å². The van der Waals surface area contributed by atoms with Gasteiger partial charge >= 0.3 is 0 Å². The van der Waals surface area contributed by atoms with Gasteiger partial charge in [0.05, 0.1) is 5.69 Å². The molecule has 0 aliphatic carbocycles. The summed E-state index contributed by atoms with van der Waals surface area (Å²) < 4.78 is 41.6. The number of halogens is 3. The number of hydrogen-bond donors (Lipinski definition) is 4. The minimum Gasteiger partial charge on any atom is -0.384 e. The van der Waals surface area contributed by atoms with Crippen LogP contribution in [0.1, 0.15) is 25.0 Å². The van der Waals surface area contributed by atoms with Crippen molar-refractivity contribution in [2.75, 3.05) is 11.9 Å². The zero-order valence-electron chi connectivity index (χ0n) is 15.2. The molecule has 7 heteroatoms. The van der Waals surface area contributed by atoms with Gasteiger partial charge in [-0.25, -0.2) is 13.2 Å². The second kappa shape index (κ2) is 8.73. The Bertz CT molecular complexity index is 841. The van der Waals surface area contributed by atoms with Crippen molar-refractivity contribution < 1.29 is 13.2 Å². The van der Waals surface area contributed by atoms with Gasteiger partial charge in [-0.3, -0.25) is 5.41 Å². The lowest BCUT2D eigenvalue weighted by Crippen LogP contribution is -2.30. The van der Waals surface area contributed by atoms with Crippen LogP contribution in [0.2, 0.25) is 0 Å². The van der Waals surface area contributed by atoms with E-state index < -0.39 is 17.3 Å². The first-order chi connectivity index (χ1) is 12.6. The molecule has 0 saturated carbocycles. The van der Waals surface area contributed by atoms with Crippen LogP contribution in [0.5, 0.6) is 0 Å². The second-order valence-corrected chi connectivity index (χ2v) is 6.79. The molecule has 0 radical (unpaired) electrons. The maximum absolute atomic E-state index is 14.1. The Morgan fingerprint density at radius 2 is 1.89 bits per heavy atom. The van der Waals surface area contributed by atoms with Crippen LogP contribution in [0.25, 0.3) is 5.70 Å². The summed E-state index contributed by atoms with van der Waals surface area (Å²) in [5, 5.41) is 13.3. The van der Waals surface area contributed by atoms with Gasteiger partial charge in [0.25, 0.3) is 0 Å². The van der Waals surface area contributed by atoms with Crippen molar-refractivity contribution in [2.24, 2.45) is 5.73 Å². The Hall–Kier alpha value is -2.80. The maximum Gasteiger partial charge on any atom is 0.146 e. The van der Waals surface area contributed by atoms with Crippen molar-refractivity contribution >= 4 is 17.2 Å². The van der Waals surface area contributed by atoms with Crippen LogP contribution in [0.4, 0.5) is 18.9 Å². The van der Waals surface area contributed by atoms with Crippen molar-refractivity contribution in [1.82, 2.24) is 5.32 Å². The van der Waals surface area contributed by atoms with Gasteiger partial charge in [0.1, 0.15) is 23.1 Å². The molecule has 0 aliphatic rings. The Labute approximate surface area is 156 Å². The van der Waals surface area contributed by atoms with E-state index in [-0.39, 0.29) is 30.3 Å². The first-order valence-corrected chi connectivity index (χ1v) is 8.41. The third-order valence-corrected chi connectivity index (χ3v) is 3.59. The number of anilines is 1. The molecule has 0 aliphatic heterocycles. The van der Waals surface area contributed by atoms with Crippen molar-refractivity contribution in [3.05, 3.63) is 71.3 Å². The lowest BCUT2D eigenvalue weighted by Gasteiger charge is -2.16. The molecule has 2 aromatic carbocycles. The molecule has 0 fully saturated rings. The third-order valence-electron chi connectivity index (χ3n) is 3.59. The predicted molar refractivity (Wildman–Crippen MR) is 103 cm³/mol. The molecule has 0 amide bonds. The summed E-state index contributed by atoms with van der Waals surface area (Å²) in [4.78, 5) is 0. The van der Waals surface area contributed by atoms with E-state index in [1.807, 2.05) is 0 Å². The zero-order valence-corrected chi connectivity index (χ0v) is 15.2. The van der Waals surface area contributed by atoms with E-state index in [0.29, 0.717) is 11.1 Å². The molecule has 5 N–H and O–H groups in total. The maximum atomic E-state index is 14.1. The van der Waals surface area contributed by atoms with E-state index in [1.165, 1.54) is 44.2 Å². The molecule has 4 nitrogen and oxygen atoms in total. The van der Waals surface area contributed by atoms with Crippen molar-refractivity contribution in [3.8, 4) is 0 Å². The van der Waals surface area contributed by atoms with Crippen molar-refractivity contribution in [1.29, 1.82) is 5.41 Å². The third kappa shape index (κ3) is 6.79. The summed E-state index contributed by atoms with van der Waals surface area (Å²) >= 11 is 0. The van der Waals surface area contributed by atoms with Gasteiger partial charge in [-0.2, -0.15) is 0 Å². The molecular formula is C20H23F3N4. The monoisotopic (exact) mass is 376 g/mol. The summed E-state index contributed by atoms with van der Waals surface area (Å²) in [6.45, 7) is 3.26. The molecule has 0 saturated heterocycles. The normalized spacial score (nSPS) is 12.1. The molecule has 0 spiro atoms. The van der Waals surface area contributed by atoms with E-state index in [1.54, 1.807) is 18.2 Å². The van der Waals surface area contributed by atoms with Crippen LogP contribution >= 0.6 is 0 Å². The highest BCUT2D eigenvalue weighted by molar-refractivity contribution is 5.98. The minimum atomic E-state index is -1.39. The fraction of sp³-hybridized carbons (Fsp3) is 0.250. The summed E-state index contributed by atoms with van der Waals surface area (Å²) in [7, 11) is 0. The van der Waals surface area contributed by atoms with Crippen molar-refractivity contribution in [3.63, 3.8) is 0 Å². The fourth-order valence-electron chi connectivity index (χ4n) is 2.47. The number of rotatable bonds is 8. The number of nitrogens with two attached hydrogens (primary N) is 1. The molecule has 0 bridgehead atoms. The number of benzene rings is 2. The standard InChI is InChI=1S/C20H23F3N4/c1-20(2,23)12-26-11-13-7-14(9-15(21)8-13)18(10-19(24)25)27-17-6-4-3-5-16(17)22/h3-10,26-27H,11-12H2,1-2H3,(H3,24,25)/b18-10-. The first kappa shape index (κ1) is 20.5. The quantitative estimate of drug-likeness (QED) is 0.412. The Morgan fingerprint density at radius 3 is 2.52 bits per heavy atom. The topological polar surface area (TPSA) is 73.9 Å². The number of hydrogen-bond acceptors (Lipinski definition) is 3. The number of alkyl halides is 1. The molecule has 0 aromatic heterocycles. The molecule has 0 atom stereocenters. The molecule has 144 valence electrons. The SMILES string of the molecule is CC(C)(F)CNCc1cc(F)cc(/C(=C/C(=N)N)Nc2ccccc2F)c1. The summed E-state index contributed by atoms with van der Waals surface area (Å²) in [6, 6.07) is 10.3. The summed E-state index contributed by atoms with van der Waals surface area (Å²) in [5.74, 6) is -1.26. The van der Waals surface area contributed by atoms with Crippen LogP contribution < -0.4 is 16.4 Å². The number of nitrogens with one attached hydrogen (secondary N) is 3. The fourth-order valence-corrected chi connectivity index (χ4v) is 2.47. The van der Waals surface area contributed by atoms with Crippen LogP contribution in [0.15, 0.2) is 48.5 Å². The van der Waals surface area contributed by atoms with Gasteiger partial charge in [-0.05, 0) is 49.7 Å². The van der Waals surface area contributed by atoms with Crippen LogP contribution in [0.3, 0.4) is 0 Å². The lowest BCUT2D eigenvalue weighted by molar-refractivity contribution is 0.210. The average molecular weight is 376 g/mol. The Kier molecular flexibility index (Phi) is 6.63. The van der Waals surface area contributed by atoms with Gasteiger partial charge in [0, 0.05) is 30.4 Å².